The van der Waals surface area contributed by atoms with E-state index in [4.69, 9.17) is 11.6 Å². The number of nitrogens with zero attached hydrogens (tertiary/aromatic N) is 1. The van der Waals surface area contributed by atoms with Crippen LogP contribution in [0.15, 0.2) is 29.4 Å². The second-order valence-corrected chi connectivity index (χ2v) is 4.95. The van der Waals surface area contributed by atoms with Crippen molar-refractivity contribution < 1.29 is 4.79 Å². The van der Waals surface area contributed by atoms with Gasteiger partial charge in [0.25, 0.3) is 0 Å². The third kappa shape index (κ3) is 7.62. The average molecular weight is 281 g/mol. The molecule has 3 nitrogen and oxygen atoms in total. The Labute approximate surface area is 120 Å². The number of nitrogens with one attached hydrogen (secondary N) is 1. The van der Waals surface area contributed by atoms with E-state index < -0.39 is 0 Å². The molecule has 1 aromatic carbocycles. The quantitative estimate of drug-likeness (QED) is 0.434. The van der Waals surface area contributed by atoms with Crippen molar-refractivity contribution in [3.63, 3.8) is 0 Å². The summed E-state index contributed by atoms with van der Waals surface area (Å²) in [5.41, 5.74) is 3.44. The van der Waals surface area contributed by atoms with Crippen LogP contribution < -0.4 is 5.43 Å². The van der Waals surface area contributed by atoms with Gasteiger partial charge in [0, 0.05) is 11.4 Å². The Morgan fingerprint density at radius 2 is 1.89 bits per heavy atom. The highest BCUT2D eigenvalue weighted by Crippen LogP contribution is 2.08. The summed E-state index contributed by atoms with van der Waals surface area (Å²) in [4.78, 5) is 11.5. The van der Waals surface area contributed by atoms with Crippen LogP contribution in [0.5, 0.6) is 0 Å². The number of rotatable bonds is 8. The summed E-state index contributed by atoms with van der Waals surface area (Å²) in [5.74, 6) is -0.0262. The molecule has 4 heteroatoms. The first-order valence-electron chi connectivity index (χ1n) is 6.80. The number of hydrogen-bond acceptors (Lipinski definition) is 2. The molecule has 0 aliphatic rings. The lowest BCUT2D eigenvalue weighted by molar-refractivity contribution is -0.121. The van der Waals surface area contributed by atoms with Crippen LogP contribution in [0.1, 0.15) is 51.0 Å². The summed E-state index contributed by atoms with van der Waals surface area (Å²) in [6, 6.07) is 7.28. The minimum Gasteiger partial charge on any atom is -0.273 e. The van der Waals surface area contributed by atoms with E-state index in [0.29, 0.717) is 11.4 Å². The maximum atomic E-state index is 11.5. The van der Waals surface area contributed by atoms with Crippen molar-refractivity contribution in [1.82, 2.24) is 5.43 Å². The van der Waals surface area contributed by atoms with E-state index in [1.165, 1.54) is 19.3 Å². The first-order valence-corrected chi connectivity index (χ1v) is 7.17. The van der Waals surface area contributed by atoms with Crippen molar-refractivity contribution in [2.75, 3.05) is 0 Å². The number of unbranched alkanes of at least 4 members (excludes halogenated alkanes) is 4. The Hall–Kier alpha value is -1.35. The summed E-state index contributed by atoms with van der Waals surface area (Å²) < 4.78 is 0. The number of carbonyl (C=O) groups is 1. The molecular weight excluding hydrogens is 260 g/mol. The van der Waals surface area contributed by atoms with E-state index in [0.717, 1.165) is 18.4 Å². The van der Waals surface area contributed by atoms with Crippen molar-refractivity contribution in [2.24, 2.45) is 5.10 Å². The summed E-state index contributed by atoms with van der Waals surface area (Å²) in [6.07, 6.45) is 7.88. The maximum Gasteiger partial charge on any atom is 0.240 e. The maximum absolute atomic E-state index is 11.5. The van der Waals surface area contributed by atoms with E-state index >= 15 is 0 Å². The number of carbonyl (C=O) groups excluding carboxylic acids is 1. The SMILES string of the molecule is CCCCCCCC(=O)N/N=C/c1ccc(Cl)cc1. The molecular formula is C15H21ClN2O. The second kappa shape index (κ2) is 9.56. The lowest BCUT2D eigenvalue weighted by atomic mass is 10.1. The smallest absolute Gasteiger partial charge is 0.240 e. The second-order valence-electron chi connectivity index (χ2n) is 4.51. The van der Waals surface area contributed by atoms with Crippen molar-refractivity contribution in [2.45, 2.75) is 45.4 Å². The number of amides is 1. The zero-order chi connectivity index (χ0) is 13.9. The van der Waals surface area contributed by atoms with Crippen molar-refractivity contribution in [3.8, 4) is 0 Å². The van der Waals surface area contributed by atoms with Crippen molar-refractivity contribution >= 4 is 23.7 Å². The number of benzene rings is 1. The highest BCUT2D eigenvalue weighted by molar-refractivity contribution is 6.30. The molecule has 0 spiro atoms. The molecule has 1 aromatic rings. The molecule has 1 amide bonds. The zero-order valence-corrected chi connectivity index (χ0v) is 12.1. The fourth-order valence-corrected chi connectivity index (χ4v) is 1.80. The van der Waals surface area contributed by atoms with Gasteiger partial charge in [0.1, 0.15) is 0 Å². The molecule has 0 bridgehead atoms. The highest BCUT2D eigenvalue weighted by atomic mass is 35.5. The molecule has 1 rings (SSSR count). The van der Waals surface area contributed by atoms with Gasteiger partial charge in [0.2, 0.25) is 5.91 Å². The fourth-order valence-electron chi connectivity index (χ4n) is 1.67. The average Bonchev–Trinajstić information content (AvgIpc) is 2.41. The Bertz CT molecular complexity index is 401. The minimum atomic E-state index is -0.0262. The van der Waals surface area contributed by atoms with E-state index in [2.05, 4.69) is 17.5 Å². The van der Waals surface area contributed by atoms with E-state index in [1.54, 1.807) is 18.3 Å². The van der Waals surface area contributed by atoms with Crippen molar-refractivity contribution in [3.05, 3.63) is 34.9 Å². The van der Waals surface area contributed by atoms with Gasteiger partial charge in [-0.3, -0.25) is 4.79 Å². The normalized spacial score (nSPS) is 10.8. The molecule has 0 saturated carbocycles. The van der Waals surface area contributed by atoms with Crippen LogP contribution in [0, 0.1) is 0 Å². The highest BCUT2D eigenvalue weighted by Gasteiger charge is 1.98. The van der Waals surface area contributed by atoms with E-state index in [1.807, 2.05) is 12.1 Å². The lowest BCUT2D eigenvalue weighted by Crippen LogP contribution is -2.16. The summed E-state index contributed by atoms with van der Waals surface area (Å²) in [5, 5.41) is 4.61. The first kappa shape index (κ1) is 15.7. The lowest BCUT2D eigenvalue weighted by Gasteiger charge is -2.00. The topological polar surface area (TPSA) is 41.5 Å². The molecule has 104 valence electrons. The summed E-state index contributed by atoms with van der Waals surface area (Å²) >= 11 is 5.78. The predicted octanol–water partition coefficient (Wildman–Crippen LogP) is 4.15. The number of halogens is 1. The Morgan fingerprint density at radius 3 is 2.58 bits per heavy atom. The fraction of sp³-hybridized carbons (Fsp3) is 0.467. The third-order valence-corrected chi connectivity index (χ3v) is 3.03. The van der Waals surface area contributed by atoms with Gasteiger partial charge < -0.3 is 0 Å². The monoisotopic (exact) mass is 280 g/mol. The Balaban J connectivity index is 2.17. The summed E-state index contributed by atoms with van der Waals surface area (Å²) in [7, 11) is 0. The predicted molar refractivity (Wildman–Crippen MR) is 80.6 cm³/mol. The molecule has 0 unspecified atom stereocenters. The van der Waals surface area contributed by atoms with Crippen LogP contribution in [0.2, 0.25) is 5.02 Å². The van der Waals surface area contributed by atoms with Gasteiger partial charge in [-0.2, -0.15) is 5.10 Å². The molecule has 19 heavy (non-hydrogen) atoms. The van der Waals surface area contributed by atoms with Gasteiger partial charge in [0.15, 0.2) is 0 Å². The summed E-state index contributed by atoms with van der Waals surface area (Å²) in [6.45, 7) is 2.18. The molecule has 0 aliphatic heterocycles. The standard InChI is InChI=1S/C15H21ClN2O/c1-2-3-4-5-6-7-15(19)18-17-12-13-8-10-14(16)11-9-13/h8-12H,2-7H2,1H3,(H,18,19)/b17-12+. The van der Waals surface area contributed by atoms with Gasteiger partial charge in [-0.25, -0.2) is 5.43 Å². The molecule has 1 N–H and O–H groups in total. The van der Waals surface area contributed by atoms with Crippen LogP contribution in [-0.2, 0) is 4.79 Å². The molecule has 0 aliphatic carbocycles. The molecule has 0 radical (unpaired) electrons. The van der Waals surface area contributed by atoms with E-state index in [9.17, 15) is 4.79 Å². The number of hydrazone groups is 1. The first-order chi connectivity index (χ1) is 9.22. The molecule has 0 atom stereocenters. The molecule has 0 saturated heterocycles. The Morgan fingerprint density at radius 1 is 1.21 bits per heavy atom. The van der Waals surface area contributed by atoms with Gasteiger partial charge in [0.05, 0.1) is 6.21 Å². The van der Waals surface area contributed by atoms with Gasteiger partial charge in [-0.1, -0.05) is 56.3 Å². The van der Waals surface area contributed by atoms with Crippen LogP contribution in [0.4, 0.5) is 0 Å². The molecule has 0 heterocycles. The molecule has 0 aromatic heterocycles. The number of hydrogen-bond donors (Lipinski definition) is 1. The van der Waals surface area contributed by atoms with Gasteiger partial charge >= 0.3 is 0 Å². The Kier molecular flexibility index (Phi) is 7.91. The third-order valence-electron chi connectivity index (χ3n) is 2.78. The largest absolute Gasteiger partial charge is 0.273 e. The minimum absolute atomic E-state index is 0.0262. The van der Waals surface area contributed by atoms with Gasteiger partial charge in [-0.15, -0.1) is 0 Å². The van der Waals surface area contributed by atoms with E-state index in [-0.39, 0.29) is 5.91 Å². The molecule has 0 fully saturated rings. The van der Waals surface area contributed by atoms with Crippen LogP contribution in [0.3, 0.4) is 0 Å². The zero-order valence-electron chi connectivity index (χ0n) is 11.4. The van der Waals surface area contributed by atoms with Crippen molar-refractivity contribution in [1.29, 1.82) is 0 Å². The van der Waals surface area contributed by atoms with Gasteiger partial charge in [-0.05, 0) is 24.1 Å². The van der Waals surface area contributed by atoms with Crippen LogP contribution in [-0.4, -0.2) is 12.1 Å². The van der Waals surface area contributed by atoms with Crippen LogP contribution in [0.25, 0.3) is 0 Å². The van der Waals surface area contributed by atoms with Crippen LogP contribution >= 0.6 is 11.6 Å².